The summed E-state index contributed by atoms with van der Waals surface area (Å²) in [4.78, 5) is 30.8. The third kappa shape index (κ3) is 4.15. The summed E-state index contributed by atoms with van der Waals surface area (Å²) in [6, 6.07) is 9.34. The molecule has 0 bridgehead atoms. The van der Waals surface area contributed by atoms with Gasteiger partial charge in [-0.05, 0) is 70.7 Å². The van der Waals surface area contributed by atoms with Crippen molar-refractivity contribution in [2.45, 2.75) is 57.4 Å². The van der Waals surface area contributed by atoms with Gasteiger partial charge >= 0.3 is 6.03 Å². The Morgan fingerprint density at radius 3 is 2.32 bits per heavy atom. The normalized spacial score (nSPS) is 20.9. The van der Waals surface area contributed by atoms with Crippen molar-refractivity contribution in [3.05, 3.63) is 47.4 Å². The van der Waals surface area contributed by atoms with Crippen LogP contribution in [0.4, 0.5) is 16.3 Å². The molecule has 0 N–H and O–H groups in total. The predicted molar refractivity (Wildman–Crippen MR) is 137 cm³/mol. The Morgan fingerprint density at radius 1 is 0.971 bits per heavy atom. The summed E-state index contributed by atoms with van der Waals surface area (Å²) in [6.45, 7) is 9.25. The summed E-state index contributed by atoms with van der Waals surface area (Å²) in [5.41, 5.74) is 4.73. The van der Waals surface area contributed by atoms with E-state index in [-0.39, 0.29) is 11.4 Å². The van der Waals surface area contributed by atoms with Crippen LogP contribution in [0.1, 0.15) is 49.1 Å². The number of aryl methyl sites for hydroxylation is 2. The summed E-state index contributed by atoms with van der Waals surface area (Å²) in [7, 11) is 3.68. The highest BCUT2D eigenvalue weighted by Crippen LogP contribution is 2.47. The van der Waals surface area contributed by atoms with E-state index >= 15 is 0 Å². The lowest BCUT2D eigenvalue weighted by atomic mass is 9.67. The molecule has 7 nitrogen and oxygen atoms in total. The molecule has 2 saturated heterocycles. The molecule has 182 valence electrons. The number of piperidine rings is 2. The third-order valence-electron chi connectivity index (χ3n) is 8.43. The maximum atomic E-state index is 12.8. The number of hydrogen-bond acceptors (Lipinski definition) is 5. The van der Waals surface area contributed by atoms with Gasteiger partial charge in [0.2, 0.25) is 0 Å². The number of benzene rings is 1. The van der Waals surface area contributed by atoms with Crippen LogP contribution < -0.4 is 9.80 Å². The van der Waals surface area contributed by atoms with Crippen LogP contribution in [0.5, 0.6) is 0 Å². The molecule has 2 aromatic rings. The Hall–Kier alpha value is -2.67. The van der Waals surface area contributed by atoms with Gasteiger partial charge in [0.05, 0.1) is 17.6 Å². The number of carbonyl (C=O) groups is 1. The first-order valence-electron chi connectivity index (χ1n) is 12.8. The number of carbonyl (C=O) groups excluding carboxylic acids is 1. The zero-order valence-electron chi connectivity index (χ0n) is 21.1. The molecule has 0 saturated carbocycles. The topological polar surface area (TPSA) is 55.8 Å². The Labute approximate surface area is 203 Å². The fraction of sp³-hybridized carbons (Fsp3) is 0.593. The SMILES string of the molecule is Cc1ncc(N2CCC(N3CCC4(CCN(C(=O)N(C)C)c5ccccc54)CC3)CC2)nc1C. The predicted octanol–water partition coefficient (Wildman–Crippen LogP) is 3.99. The fourth-order valence-electron chi connectivity index (χ4n) is 6.16. The van der Waals surface area contributed by atoms with Crippen LogP contribution >= 0.6 is 0 Å². The minimum atomic E-state index is 0.0833. The second kappa shape index (κ2) is 9.17. The van der Waals surface area contributed by atoms with E-state index in [1.165, 1.54) is 31.2 Å². The smallest absolute Gasteiger partial charge is 0.323 e. The van der Waals surface area contributed by atoms with Gasteiger partial charge in [-0.3, -0.25) is 9.88 Å². The van der Waals surface area contributed by atoms with E-state index < -0.39 is 0 Å². The minimum Gasteiger partial charge on any atom is -0.355 e. The van der Waals surface area contributed by atoms with Crippen molar-refractivity contribution in [1.82, 2.24) is 19.8 Å². The summed E-state index contributed by atoms with van der Waals surface area (Å²) < 4.78 is 0. The molecular formula is C27H38N6O. The van der Waals surface area contributed by atoms with Gasteiger partial charge in [0.1, 0.15) is 5.82 Å². The molecule has 3 aliphatic rings. The molecule has 1 spiro atoms. The maximum Gasteiger partial charge on any atom is 0.323 e. The number of anilines is 2. The van der Waals surface area contributed by atoms with E-state index in [1.54, 1.807) is 4.90 Å². The van der Waals surface area contributed by atoms with Crippen LogP contribution in [0.25, 0.3) is 0 Å². The molecule has 0 atom stereocenters. The van der Waals surface area contributed by atoms with Gasteiger partial charge in [-0.1, -0.05) is 18.2 Å². The standard InChI is InChI=1S/C27H38N6O/c1-20-21(2)29-25(19-28-20)32-14-9-22(10-15-32)31-16-11-27(12-17-31)13-18-33(26(34)30(3)4)24-8-6-5-7-23(24)27/h5-8,19,22H,9-18H2,1-4H3. The molecule has 1 aromatic heterocycles. The van der Waals surface area contributed by atoms with Crippen LogP contribution in [-0.2, 0) is 5.41 Å². The molecule has 0 unspecified atom stereocenters. The highest BCUT2D eigenvalue weighted by Gasteiger charge is 2.43. The maximum absolute atomic E-state index is 12.8. The lowest BCUT2D eigenvalue weighted by Crippen LogP contribution is -2.53. The monoisotopic (exact) mass is 462 g/mol. The second-order valence-electron chi connectivity index (χ2n) is 10.5. The lowest BCUT2D eigenvalue weighted by molar-refractivity contribution is 0.0947. The first-order valence-corrected chi connectivity index (χ1v) is 12.8. The Balaban J connectivity index is 1.23. The van der Waals surface area contributed by atoms with Gasteiger partial charge in [0.15, 0.2) is 0 Å². The van der Waals surface area contributed by atoms with Crippen molar-refractivity contribution in [1.29, 1.82) is 0 Å². The van der Waals surface area contributed by atoms with Crippen LogP contribution in [-0.4, -0.2) is 78.7 Å². The highest BCUT2D eigenvalue weighted by molar-refractivity contribution is 5.93. The molecule has 34 heavy (non-hydrogen) atoms. The number of likely N-dealkylation sites (tertiary alicyclic amines) is 1. The fourth-order valence-corrected chi connectivity index (χ4v) is 6.16. The number of fused-ring (bicyclic) bond motifs is 2. The van der Waals surface area contributed by atoms with Crippen molar-refractivity contribution < 1.29 is 4.79 Å². The average molecular weight is 463 g/mol. The zero-order chi connectivity index (χ0) is 23.9. The summed E-state index contributed by atoms with van der Waals surface area (Å²) in [5.74, 6) is 1.02. The van der Waals surface area contributed by atoms with Crippen LogP contribution in [0.3, 0.4) is 0 Å². The van der Waals surface area contributed by atoms with Gasteiger partial charge in [-0.15, -0.1) is 0 Å². The number of urea groups is 1. The van der Waals surface area contributed by atoms with E-state index in [1.807, 2.05) is 39.0 Å². The van der Waals surface area contributed by atoms with E-state index in [0.717, 1.165) is 62.0 Å². The van der Waals surface area contributed by atoms with Crippen molar-refractivity contribution in [2.24, 2.45) is 0 Å². The Kier molecular flexibility index (Phi) is 6.23. The number of aromatic nitrogens is 2. The molecule has 5 rings (SSSR count). The van der Waals surface area contributed by atoms with Crippen LogP contribution in [0, 0.1) is 13.8 Å². The molecule has 2 fully saturated rings. The van der Waals surface area contributed by atoms with Crippen molar-refractivity contribution in [3.63, 3.8) is 0 Å². The summed E-state index contributed by atoms with van der Waals surface area (Å²) in [6.07, 6.45) is 7.71. The van der Waals surface area contributed by atoms with E-state index in [9.17, 15) is 4.79 Å². The highest BCUT2D eigenvalue weighted by atomic mass is 16.2. The second-order valence-corrected chi connectivity index (χ2v) is 10.5. The van der Waals surface area contributed by atoms with Gasteiger partial charge in [0, 0.05) is 50.9 Å². The molecule has 1 aromatic carbocycles. The lowest BCUT2D eigenvalue weighted by Gasteiger charge is -2.50. The zero-order valence-corrected chi connectivity index (χ0v) is 21.1. The minimum absolute atomic E-state index is 0.0833. The molecule has 0 aliphatic carbocycles. The van der Waals surface area contributed by atoms with Gasteiger partial charge in [0.25, 0.3) is 0 Å². The molecule has 4 heterocycles. The molecule has 0 radical (unpaired) electrons. The number of nitrogens with zero attached hydrogens (tertiary/aromatic N) is 6. The quantitative estimate of drug-likeness (QED) is 0.676. The molecular weight excluding hydrogens is 424 g/mol. The van der Waals surface area contributed by atoms with Gasteiger partial charge < -0.3 is 14.7 Å². The first-order chi connectivity index (χ1) is 16.4. The van der Waals surface area contributed by atoms with E-state index in [4.69, 9.17) is 4.98 Å². The van der Waals surface area contributed by atoms with Crippen molar-refractivity contribution in [3.8, 4) is 0 Å². The molecule has 7 heteroatoms. The van der Waals surface area contributed by atoms with E-state index in [2.05, 4.69) is 39.0 Å². The Bertz CT molecular complexity index is 1040. The third-order valence-corrected chi connectivity index (χ3v) is 8.43. The average Bonchev–Trinajstić information content (AvgIpc) is 2.86. The Morgan fingerprint density at radius 2 is 1.65 bits per heavy atom. The van der Waals surface area contributed by atoms with Gasteiger partial charge in [-0.25, -0.2) is 9.78 Å². The molecule has 3 aliphatic heterocycles. The molecule has 2 amide bonds. The number of rotatable bonds is 2. The van der Waals surface area contributed by atoms with E-state index in [0.29, 0.717) is 6.04 Å². The number of hydrogen-bond donors (Lipinski definition) is 0. The van der Waals surface area contributed by atoms with Crippen molar-refractivity contribution in [2.75, 3.05) is 56.6 Å². The van der Waals surface area contributed by atoms with Crippen LogP contribution in [0.15, 0.2) is 30.5 Å². The largest absolute Gasteiger partial charge is 0.355 e. The summed E-state index contributed by atoms with van der Waals surface area (Å²) >= 11 is 0. The van der Waals surface area contributed by atoms with Crippen LogP contribution in [0.2, 0.25) is 0 Å². The van der Waals surface area contributed by atoms with Gasteiger partial charge in [-0.2, -0.15) is 0 Å². The van der Waals surface area contributed by atoms with Crippen molar-refractivity contribution >= 4 is 17.5 Å². The first kappa shape index (κ1) is 23.1. The number of para-hydroxylation sites is 1. The number of amides is 2. The summed E-state index contributed by atoms with van der Waals surface area (Å²) in [5, 5.41) is 0.